The molecule has 0 spiro atoms. The maximum atomic E-state index is 13.0. The Morgan fingerprint density at radius 1 is 1.10 bits per heavy atom. The molecule has 2 N–H and O–H groups in total. The summed E-state index contributed by atoms with van der Waals surface area (Å²) in [5.41, 5.74) is 4.41. The first-order valence-corrected chi connectivity index (χ1v) is 13.9. The van der Waals surface area contributed by atoms with Gasteiger partial charge in [0, 0.05) is 10.6 Å². The Labute approximate surface area is 251 Å². The van der Waals surface area contributed by atoms with Gasteiger partial charge in [-0.05, 0) is 84.4 Å². The van der Waals surface area contributed by atoms with Gasteiger partial charge in [0.15, 0.2) is 21.9 Å². The Hall–Kier alpha value is -4.06. The van der Waals surface area contributed by atoms with Crippen LogP contribution in [0.25, 0.3) is 6.08 Å². The van der Waals surface area contributed by atoms with Gasteiger partial charge in [0.25, 0.3) is 11.8 Å². The van der Waals surface area contributed by atoms with E-state index in [9.17, 15) is 19.5 Å². The molecule has 2 amide bonds. The number of hydrazine groups is 1. The largest absolute Gasteiger partial charge is 0.493 e. The topological polar surface area (TPSA) is 114 Å². The van der Waals surface area contributed by atoms with Crippen molar-refractivity contribution in [1.29, 1.82) is 0 Å². The predicted molar refractivity (Wildman–Crippen MR) is 160 cm³/mol. The number of nitrogens with one attached hydrogen (secondary N) is 1. The zero-order valence-corrected chi connectivity index (χ0v) is 24.3. The number of benzene rings is 3. The van der Waals surface area contributed by atoms with E-state index in [-0.39, 0.29) is 21.4 Å². The highest BCUT2D eigenvalue weighted by atomic mass is 35.5. The summed E-state index contributed by atoms with van der Waals surface area (Å²) in [6.07, 6.45) is 0.850. The summed E-state index contributed by atoms with van der Waals surface area (Å²) < 4.78 is 16.8. The number of nitrogens with zero attached hydrogens (tertiary/aromatic N) is 1. The Morgan fingerprint density at radius 2 is 1.80 bits per heavy atom. The highest BCUT2D eigenvalue weighted by Gasteiger charge is 2.34. The minimum atomic E-state index is -1.08. The van der Waals surface area contributed by atoms with Crippen LogP contribution in [0.1, 0.15) is 34.8 Å². The molecule has 1 unspecified atom stereocenters. The molecule has 0 aromatic heterocycles. The average Bonchev–Trinajstić information content (AvgIpc) is 3.23. The lowest BCUT2D eigenvalue weighted by Gasteiger charge is -2.16. The zero-order valence-electron chi connectivity index (χ0n) is 22.0. The number of thiocarbonyl (C=S) groups is 1. The second-order valence-electron chi connectivity index (χ2n) is 8.66. The molecule has 212 valence electrons. The second-order valence-corrected chi connectivity index (χ2v) is 10.8. The summed E-state index contributed by atoms with van der Waals surface area (Å²) in [7, 11) is 1.43. The molecule has 41 heavy (non-hydrogen) atoms. The molecule has 9 nitrogen and oxygen atoms in total. The van der Waals surface area contributed by atoms with E-state index >= 15 is 0 Å². The summed E-state index contributed by atoms with van der Waals surface area (Å²) in [4.78, 5) is 37.5. The predicted octanol–water partition coefficient (Wildman–Crippen LogP) is 5.72. The number of amides is 2. The third-order valence-electron chi connectivity index (χ3n) is 5.84. The molecule has 1 aliphatic heterocycles. The number of carboxylic acid groups (broad SMARTS) is 1. The molecule has 3 aromatic carbocycles. The van der Waals surface area contributed by atoms with Gasteiger partial charge in [-0.15, -0.1) is 0 Å². The molecule has 0 aliphatic carbocycles. The summed E-state index contributed by atoms with van der Waals surface area (Å²) in [6, 6.07) is 18.6. The molecule has 1 fully saturated rings. The molecule has 3 aromatic rings. The number of thioether (sulfide) groups is 1. The number of carbonyl (C=O) groups excluding carboxylic acids is 2. The van der Waals surface area contributed by atoms with Crippen molar-refractivity contribution in [3.63, 3.8) is 0 Å². The fourth-order valence-corrected chi connectivity index (χ4v) is 4.97. The first-order valence-electron chi connectivity index (χ1n) is 12.3. The Kier molecular flexibility index (Phi) is 9.87. The van der Waals surface area contributed by atoms with Gasteiger partial charge in [-0.1, -0.05) is 48.5 Å². The van der Waals surface area contributed by atoms with Crippen LogP contribution in [0.15, 0.2) is 71.6 Å². The molecule has 1 aliphatic rings. The number of hydrogen-bond donors (Lipinski definition) is 2. The van der Waals surface area contributed by atoms with Gasteiger partial charge in [-0.25, -0.2) is 4.79 Å². The van der Waals surface area contributed by atoms with Gasteiger partial charge in [-0.3, -0.25) is 15.0 Å². The number of hydrogen-bond acceptors (Lipinski definition) is 8. The van der Waals surface area contributed by atoms with Crippen LogP contribution >= 0.6 is 35.6 Å². The van der Waals surface area contributed by atoms with Crippen molar-refractivity contribution >= 4 is 63.8 Å². The minimum absolute atomic E-state index is 0.164. The highest BCUT2D eigenvalue weighted by Crippen LogP contribution is 2.34. The normalized spacial score (nSPS) is 14.6. The SMILES string of the molecule is CCC(Oc1ccc(/C=C2/SC(=S)N(NC(=O)c3ccc(OCc4ccc(Cl)cc4)cc3)C2=O)cc1OC)C(=O)O. The number of aliphatic carboxylic acids is 1. The third-order valence-corrected chi connectivity index (χ3v) is 7.40. The lowest BCUT2D eigenvalue weighted by Crippen LogP contribution is -2.44. The van der Waals surface area contributed by atoms with Crippen LogP contribution in [0.2, 0.25) is 5.02 Å². The van der Waals surface area contributed by atoms with Crippen molar-refractivity contribution in [2.45, 2.75) is 26.1 Å². The Bertz CT molecular complexity index is 1490. The lowest BCUT2D eigenvalue weighted by atomic mass is 10.1. The van der Waals surface area contributed by atoms with E-state index in [0.717, 1.165) is 22.3 Å². The molecule has 0 radical (unpaired) electrons. The number of carboxylic acids is 1. The lowest BCUT2D eigenvalue weighted by molar-refractivity contribution is -0.145. The average molecular weight is 613 g/mol. The highest BCUT2D eigenvalue weighted by molar-refractivity contribution is 8.26. The van der Waals surface area contributed by atoms with E-state index in [2.05, 4.69) is 5.43 Å². The van der Waals surface area contributed by atoms with Crippen molar-refractivity contribution in [2.75, 3.05) is 7.11 Å². The van der Waals surface area contributed by atoms with Crippen LogP contribution in [-0.2, 0) is 16.2 Å². The summed E-state index contributed by atoms with van der Waals surface area (Å²) in [5.74, 6) is -0.942. The fourth-order valence-electron chi connectivity index (χ4n) is 3.66. The van der Waals surface area contributed by atoms with Crippen molar-refractivity contribution in [1.82, 2.24) is 10.4 Å². The molecule has 1 saturated heterocycles. The molecule has 4 rings (SSSR count). The summed E-state index contributed by atoms with van der Waals surface area (Å²) in [5, 5.41) is 10.9. The zero-order chi connectivity index (χ0) is 29.5. The number of rotatable bonds is 11. The smallest absolute Gasteiger partial charge is 0.344 e. The van der Waals surface area contributed by atoms with E-state index < -0.39 is 23.9 Å². The maximum absolute atomic E-state index is 13.0. The summed E-state index contributed by atoms with van der Waals surface area (Å²) >= 11 is 12.3. The van der Waals surface area contributed by atoms with Crippen LogP contribution in [-0.4, -0.2) is 45.4 Å². The molecule has 0 saturated carbocycles. The van der Waals surface area contributed by atoms with Gasteiger partial charge < -0.3 is 19.3 Å². The summed E-state index contributed by atoms with van der Waals surface area (Å²) in [6.45, 7) is 2.04. The monoisotopic (exact) mass is 612 g/mol. The fraction of sp³-hybridized carbons (Fsp3) is 0.172. The molecular weight excluding hydrogens is 588 g/mol. The Balaban J connectivity index is 1.39. The van der Waals surface area contributed by atoms with E-state index in [1.807, 2.05) is 12.1 Å². The van der Waals surface area contributed by atoms with Crippen LogP contribution in [0.3, 0.4) is 0 Å². The minimum Gasteiger partial charge on any atom is -0.493 e. The van der Waals surface area contributed by atoms with Gasteiger partial charge in [0.1, 0.15) is 12.4 Å². The number of halogens is 1. The van der Waals surface area contributed by atoms with Crippen LogP contribution in [0, 0.1) is 0 Å². The van der Waals surface area contributed by atoms with Gasteiger partial charge in [0.05, 0.1) is 12.0 Å². The van der Waals surface area contributed by atoms with Crippen LogP contribution in [0.4, 0.5) is 0 Å². The number of carbonyl (C=O) groups is 3. The molecule has 1 atom stereocenters. The molecule has 1 heterocycles. The number of ether oxygens (including phenoxy) is 3. The third kappa shape index (κ3) is 7.57. The van der Waals surface area contributed by atoms with E-state index in [1.165, 1.54) is 7.11 Å². The van der Waals surface area contributed by atoms with Crippen molar-refractivity contribution in [3.8, 4) is 17.2 Å². The van der Waals surface area contributed by atoms with Gasteiger partial charge in [-0.2, -0.15) is 5.01 Å². The van der Waals surface area contributed by atoms with Crippen molar-refractivity contribution in [3.05, 3.63) is 93.3 Å². The molecular formula is C29H25ClN2O7S2. The van der Waals surface area contributed by atoms with E-state index in [4.69, 9.17) is 38.0 Å². The Morgan fingerprint density at radius 3 is 2.44 bits per heavy atom. The standard InChI is InChI=1S/C29H25ClN2O7S2/c1-3-22(28(35)36)39-23-13-6-18(14-24(23)37-2)15-25-27(34)32(29(40)41-25)31-26(33)19-7-11-21(12-8-19)38-16-17-4-9-20(30)10-5-17/h4-15,22H,3,16H2,1-2H3,(H,31,33)(H,35,36)/b25-15+. The van der Waals surface area contributed by atoms with E-state index in [0.29, 0.717) is 34.3 Å². The number of methoxy groups -OCH3 is 1. The van der Waals surface area contributed by atoms with Crippen LogP contribution < -0.4 is 19.6 Å². The van der Waals surface area contributed by atoms with Gasteiger partial charge >= 0.3 is 5.97 Å². The van der Waals surface area contributed by atoms with Crippen molar-refractivity contribution in [2.24, 2.45) is 0 Å². The first kappa shape index (κ1) is 29.9. The van der Waals surface area contributed by atoms with Crippen LogP contribution in [0.5, 0.6) is 17.2 Å². The molecule has 12 heteroatoms. The second kappa shape index (κ2) is 13.5. The van der Waals surface area contributed by atoms with Crippen molar-refractivity contribution < 1.29 is 33.7 Å². The molecule has 0 bridgehead atoms. The van der Waals surface area contributed by atoms with Gasteiger partial charge in [0.2, 0.25) is 0 Å². The quantitative estimate of drug-likeness (QED) is 0.207. The van der Waals surface area contributed by atoms with E-state index in [1.54, 1.807) is 67.6 Å². The maximum Gasteiger partial charge on any atom is 0.344 e. The first-order chi connectivity index (χ1) is 19.7.